The lowest BCUT2D eigenvalue weighted by atomic mass is 10.0. The van der Waals surface area contributed by atoms with Gasteiger partial charge in [-0.3, -0.25) is 23.6 Å². The van der Waals surface area contributed by atoms with Crippen LogP contribution in [0.2, 0.25) is 0 Å². The summed E-state index contributed by atoms with van der Waals surface area (Å²) in [6.45, 7) is 3.67. The maximum atomic E-state index is 12.8. The lowest BCUT2D eigenvalue weighted by Crippen LogP contribution is -2.33. The molecule has 0 aliphatic heterocycles. The number of aromatic nitrogens is 3. The van der Waals surface area contributed by atoms with E-state index in [0.29, 0.717) is 22.5 Å². The number of carbonyl (C=O) groups excluding carboxylic acids is 1. The summed E-state index contributed by atoms with van der Waals surface area (Å²) in [5.74, 6) is 0.141. The van der Waals surface area contributed by atoms with Gasteiger partial charge in [0.1, 0.15) is 0 Å². The average Bonchev–Trinajstić information content (AvgIpc) is 2.92. The molecule has 148 valence electrons. The van der Waals surface area contributed by atoms with E-state index in [9.17, 15) is 13.8 Å². The second-order valence-electron chi connectivity index (χ2n) is 6.95. The predicted octanol–water partition coefficient (Wildman–Crippen LogP) is 1.66. The number of rotatable bonds is 6. The molecular formula is C20H24N4O3S. The number of nitrogens with one attached hydrogen (secondary N) is 2. The normalized spacial score (nSPS) is 13.4. The molecule has 2 atom stereocenters. The molecule has 3 aromatic rings. The van der Waals surface area contributed by atoms with Crippen LogP contribution in [0, 0.1) is 13.8 Å². The molecule has 0 saturated carbocycles. The molecule has 1 aromatic carbocycles. The van der Waals surface area contributed by atoms with E-state index in [4.69, 9.17) is 0 Å². The van der Waals surface area contributed by atoms with Gasteiger partial charge in [-0.1, -0.05) is 30.3 Å². The molecule has 2 aromatic heterocycles. The van der Waals surface area contributed by atoms with E-state index in [2.05, 4.69) is 15.4 Å². The fraction of sp³-hybridized carbons (Fsp3) is 0.350. The first kappa shape index (κ1) is 20.0. The van der Waals surface area contributed by atoms with Gasteiger partial charge in [-0.2, -0.15) is 0 Å². The number of aryl methyl sites for hydroxylation is 3. The van der Waals surface area contributed by atoms with Crippen LogP contribution in [0.5, 0.6) is 0 Å². The van der Waals surface area contributed by atoms with Crippen LogP contribution >= 0.6 is 0 Å². The van der Waals surface area contributed by atoms with Gasteiger partial charge in [-0.05, 0) is 30.5 Å². The molecule has 0 spiro atoms. The lowest BCUT2D eigenvalue weighted by Gasteiger charge is -2.19. The summed E-state index contributed by atoms with van der Waals surface area (Å²) in [5, 5.41) is 6.19. The zero-order valence-electron chi connectivity index (χ0n) is 16.4. The van der Waals surface area contributed by atoms with Crippen molar-refractivity contribution < 1.29 is 9.00 Å². The van der Waals surface area contributed by atoms with Crippen LogP contribution in [-0.2, 0) is 29.1 Å². The molecule has 0 bridgehead atoms. The summed E-state index contributed by atoms with van der Waals surface area (Å²) in [6.07, 6.45) is 1.73. The Kier molecular flexibility index (Phi) is 5.79. The fourth-order valence-electron chi connectivity index (χ4n) is 3.46. The first-order chi connectivity index (χ1) is 13.3. The molecule has 0 saturated heterocycles. The zero-order chi connectivity index (χ0) is 20.4. The molecule has 28 heavy (non-hydrogen) atoms. The summed E-state index contributed by atoms with van der Waals surface area (Å²) in [4.78, 5) is 29.5. The molecular weight excluding hydrogens is 376 g/mol. The lowest BCUT2D eigenvalue weighted by molar-refractivity contribution is -0.121. The van der Waals surface area contributed by atoms with Crippen molar-refractivity contribution in [2.45, 2.75) is 26.3 Å². The first-order valence-electron chi connectivity index (χ1n) is 8.97. The highest BCUT2D eigenvalue weighted by Gasteiger charge is 2.20. The number of aromatic amines is 1. The Bertz CT molecular complexity index is 1100. The molecule has 1 amide bonds. The minimum atomic E-state index is -1.06. The number of carbonyl (C=O) groups is 1. The van der Waals surface area contributed by atoms with Crippen LogP contribution in [-0.4, -0.2) is 36.9 Å². The number of amides is 1. The third kappa shape index (κ3) is 4.06. The highest BCUT2D eigenvalue weighted by molar-refractivity contribution is 7.84. The van der Waals surface area contributed by atoms with Crippen LogP contribution < -0.4 is 10.9 Å². The average molecular weight is 401 g/mol. The quantitative estimate of drug-likeness (QED) is 0.658. The number of hydrogen-bond donors (Lipinski definition) is 2. The maximum Gasteiger partial charge on any atom is 0.273 e. The van der Waals surface area contributed by atoms with Gasteiger partial charge >= 0.3 is 0 Å². The van der Waals surface area contributed by atoms with Crippen molar-refractivity contribution in [1.29, 1.82) is 0 Å². The van der Waals surface area contributed by atoms with E-state index < -0.39 is 10.8 Å². The van der Waals surface area contributed by atoms with Crippen LogP contribution in [0.3, 0.4) is 0 Å². The van der Waals surface area contributed by atoms with Crippen LogP contribution in [0.25, 0.3) is 11.0 Å². The Balaban J connectivity index is 1.88. The summed E-state index contributed by atoms with van der Waals surface area (Å²) < 4.78 is 13.4. The smallest absolute Gasteiger partial charge is 0.273 e. The summed E-state index contributed by atoms with van der Waals surface area (Å²) >= 11 is 0. The van der Waals surface area contributed by atoms with E-state index in [-0.39, 0.29) is 23.9 Å². The Labute approximate surface area is 165 Å². The van der Waals surface area contributed by atoms with E-state index in [1.807, 2.05) is 44.2 Å². The molecule has 0 radical (unpaired) electrons. The molecule has 0 aliphatic rings. The molecule has 0 fully saturated rings. The molecule has 3 rings (SSSR count). The monoisotopic (exact) mass is 400 g/mol. The van der Waals surface area contributed by atoms with Crippen molar-refractivity contribution in [3.05, 3.63) is 63.1 Å². The largest absolute Gasteiger partial charge is 0.348 e. The van der Waals surface area contributed by atoms with Crippen LogP contribution in [0.4, 0.5) is 0 Å². The van der Waals surface area contributed by atoms with Crippen molar-refractivity contribution in [3.8, 4) is 0 Å². The molecule has 2 heterocycles. The van der Waals surface area contributed by atoms with Crippen molar-refractivity contribution >= 4 is 27.7 Å². The molecule has 0 aliphatic carbocycles. The Morgan fingerprint density at radius 3 is 2.61 bits per heavy atom. The van der Waals surface area contributed by atoms with E-state index in [0.717, 1.165) is 16.7 Å². The number of H-pyrrole nitrogens is 1. The van der Waals surface area contributed by atoms with Gasteiger partial charge in [0.25, 0.3) is 5.56 Å². The molecule has 7 nitrogen and oxygen atoms in total. The minimum absolute atomic E-state index is 0.106. The molecule has 2 N–H and O–H groups in total. The van der Waals surface area contributed by atoms with Crippen LogP contribution in [0.1, 0.15) is 28.4 Å². The molecule has 2 unspecified atom stereocenters. The van der Waals surface area contributed by atoms with Gasteiger partial charge in [0.15, 0.2) is 5.65 Å². The van der Waals surface area contributed by atoms with Crippen molar-refractivity contribution in [2.24, 2.45) is 7.05 Å². The Morgan fingerprint density at radius 2 is 1.96 bits per heavy atom. The number of hydrogen-bond acceptors (Lipinski definition) is 4. The van der Waals surface area contributed by atoms with Crippen LogP contribution in [0.15, 0.2) is 35.1 Å². The van der Waals surface area contributed by atoms with E-state index >= 15 is 0 Å². The van der Waals surface area contributed by atoms with Gasteiger partial charge in [-0.15, -0.1) is 0 Å². The maximum absolute atomic E-state index is 12.8. The van der Waals surface area contributed by atoms with Crippen molar-refractivity contribution in [3.63, 3.8) is 0 Å². The SMILES string of the molecule is Cc1nc2c(c(C)c1CC(=O)NC(CS(C)=O)c1ccccc1)c(=O)[nH]n2C. The summed E-state index contributed by atoms with van der Waals surface area (Å²) in [6, 6.07) is 9.16. The number of nitrogens with zero attached hydrogens (tertiary/aromatic N) is 2. The number of pyridine rings is 1. The Morgan fingerprint density at radius 1 is 1.29 bits per heavy atom. The van der Waals surface area contributed by atoms with Gasteiger partial charge in [0.2, 0.25) is 5.91 Å². The number of benzene rings is 1. The number of fused-ring (bicyclic) bond motifs is 1. The molecule has 8 heteroatoms. The highest BCUT2D eigenvalue weighted by Crippen LogP contribution is 2.21. The second-order valence-corrected chi connectivity index (χ2v) is 8.43. The zero-order valence-corrected chi connectivity index (χ0v) is 17.2. The first-order valence-corrected chi connectivity index (χ1v) is 10.7. The van der Waals surface area contributed by atoms with Gasteiger partial charge in [0, 0.05) is 35.5 Å². The summed E-state index contributed by atoms with van der Waals surface area (Å²) in [5.41, 5.74) is 3.49. The summed E-state index contributed by atoms with van der Waals surface area (Å²) in [7, 11) is 0.671. The Hall–Kier alpha value is -2.74. The second kappa shape index (κ2) is 8.10. The highest BCUT2D eigenvalue weighted by atomic mass is 32.2. The standard InChI is InChI=1S/C20H24N4O3S/c1-12-15(13(2)21-19-18(12)20(26)23-24(19)3)10-17(25)22-16(11-28(4)27)14-8-6-5-7-9-14/h5-9,16H,10-11H2,1-4H3,(H,22,25)(H,23,26). The van der Waals surface area contributed by atoms with Crippen molar-refractivity contribution in [2.75, 3.05) is 12.0 Å². The topological polar surface area (TPSA) is 96.8 Å². The predicted molar refractivity (Wildman–Crippen MR) is 111 cm³/mol. The van der Waals surface area contributed by atoms with Crippen molar-refractivity contribution in [1.82, 2.24) is 20.1 Å². The third-order valence-corrected chi connectivity index (χ3v) is 5.65. The third-order valence-electron chi connectivity index (χ3n) is 4.85. The van der Waals surface area contributed by atoms with E-state index in [1.165, 1.54) is 0 Å². The van der Waals surface area contributed by atoms with Gasteiger partial charge < -0.3 is 5.32 Å². The van der Waals surface area contributed by atoms with Gasteiger partial charge in [0.05, 0.1) is 17.8 Å². The van der Waals surface area contributed by atoms with Gasteiger partial charge in [-0.25, -0.2) is 4.98 Å². The fourth-order valence-corrected chi connectivity index (χ4v) is 4.20. The van der Waals surface area contributed by atoms with E-state index in [1.54, 1.807) is 18.0 Å². The minimum Gasteiger partial charge on any atom is -0.348 e.